The topological polar surface area (TPSA) is 99.7 Å². The number of rotatable bonds is 7. The summed E-state index contributed by atoms with van der Waals surface area (Å²) < 4.78 is 42.3. The zero-order chi connectivity index (χ0) is 29.9. The molecule has 1 saturated carbocycles. The van der Waals surface area contributed by atoms with Crippen molar-refractivity contribution >= 4 is 33.3 Å². The third-order valence-electron chi connectivity index (χ3n) is 7.92. The Labute approximate surface area is 246 Å². The molecular weight excluding hydrogens is 555 g/mol. The fourth-order valence-electron chi connectivity index (χ4n) is 5.83. The second kappa shape index (κ2) is 12.3. The van der Waals surface area contributed by atoms with Gasteiger partial charge in [0.1, 0.15) is 23.7 Å². The molecule has 42 heavy (non-hydrogen) atoms. The van der Waals surface area contributed by atoms with Gasteiger partial charge in [-0.25, -0.2) is 22.1 Å². The van der Waals surface area contributed by atoms with Crippen LogP contribution in [0.15, 0.2) is 66.9 Å². The van der Waals surface area contributed by atoms with E-state index in [-0.39, 0.29) is 29.7 Å². The summed E-state index contributed by atoms with van der Waals surface area (Å²) in [6, 6.07) is 13.2. The minimum atomic E-state index is -3.94. The van der Waals surface area contributed by atoms with Crippen molar-refractivity contribution in [2.45, 2.75) is 63.6 Å². The molecule has 1 N–H and O–H groups in total. The molecule has 2 aromatic carbocycles. The van der Waals surface area contributed by atoms with E-state index in [0.717, 1.165) is 42.0 Å². The first-order valence-electron chi connectivity index (χ1n) is 14.1. The number of terminal acetylenes is 1. The number of hydrogen-bond donors (Lipinski definition) is 1. The van der Waals surface area contributed by atoms with Crippen LogP contribution in [0.4, 0.5) is 15.9 Å². The van der Waals surface area contributed by atoms with Gasteiger partial charge in [-0.05, 0) is 67.6 Å². The lowest BCUT2D eigenvalue weighted by Gasteiger charge is -2.36. The van der Waals surface area contributed by atoms with E-state index >= 15 is 0 Å². The van der Waals surface area contributed by atoms with E-state index in [9.17, 15) is 22.4 Å². The van der Waals surface area contributed by atoms with Crippen molar-refractivity contribution in [2.24, 2.45) is 0 Å². The molecule has 1 aliphatic heterocycles. The van der Waals surface area contributed by atoms with E-state index in [1.54, 1.807) is 24.3 Å². The van der Waals surface area contributed by atoms with Gasteiger partial charge in [-0.2, -0.15) is 0 Å². The first kappa shape index (κ1) is 29.3. The minimum Gasteiger partial charge on any atom is -0.351 e. The molecule has 1 saturated heterocycles. The lowest BCUT2D eigenvalue weighted by Crippen LogP contribution is -2.53. The number of carbonyl (C=O) groups is 2. The van der Waals surface area contributed by atoms with Gasteiger partial charge in [-0.3, -0.25) is 14.5 Å². The number of pyridine rings is 1. The number of aromatic nitrogens is 1. The molecule has 3 aromatic rings. The molecule has 1 aliphatic carbocycles. The number of benzene rings is 2. The average molecular weight is 589 g/mol. The van der Waals surface area contributed by atoms with Gasteiger partial charge in [0.2, 0.25) is 15.9 Å². The van der Waals surface area contributed by atoms with E-state index in [0.29, 0.717) is 11.1 Å². The average Bonchev–Trinajstić information content (AvgIpc) is 3.31. The van der Waals surface area contributed by atoms with E-state index in [4.69, 9.17) is 6.42 Å². The number of anilines is 2. The standard InChI is InChI=1S/C32H33FN4O4S/c1-3-23-16-18-34-29(20-23)37-28(17-19-42(37,40)41)32(39)36(26-14-9-11-24(33)21-26)30(27-15-8-7-10-22(27)2)31(38)35-25-12-5-4-6-13-25/h1,7-11,14-16,18,20-21,25,28,30H,4-6,12-13,17,19H2,2H3,(H,35,38)/t28-,30-/m0/s1. The van der Waals surface area contributed by atoms with Crippen molar-refractivity contribution in [1.29, 1.82) is 0 Å². The Kier molecular flexibility index (Phi) is 8.59. The van der Waals surface area contributed by atoms with Gasteiger partial charge in [0.05, 0.1) is 5.75 Å². The molecule has 2 amide bonds. The van der Waals surface area contributed by atoms with Crippen molar-refractivity contribution in [2.75, 3.05) is 15.0 Å². The molecule has 0 radical (unpaired) electrons. The zero-order valence-electron chi connectivity index (χ0n) is 23.4. The highest BCUT2D eigenvalue weighted by atomic mass is 32.2. The maximum absolute atomic E-state index is 14.7. The Balaban J connectivity index is 1.64. The Hall–Kier alpha value is -4.23. The summed E-state index contributed by atoms with van der Waals surface area (Å²) >= 11 is 0. The van der Waals surface area contributed by atoms with Crippen molar-refractivity contribution < 1.29 is 22.4 Å². The van der Waals surface area contributed by atoms with Gasteiger partial charge in [0.25, 0.3) is 5.91 Å². The third-order valence-corrected chi connectivity index (χ3v) is 9.71. The maximum atomic E-state index is 14.7. The fraction of sp³-hybridized carbons (Fsp3) is 0.344. The van der Waals surface area contributed by atoms with Crippen LogP contribution in [-0.2, 0) is 19.6 Å². The van der Waals surface area contributed by atoms with Gasteiger partial charge < -0.3 is 5.32 Å². The Morgan fingerprint density at radius 1 is 1.07 bits per heavy atom. The number of nitrogens with zero attached hydrogens (tertiary/aromatic N) is 3. The summed E-state index contributed by atoms with van der Waals surface area (Å²) in [5.41, 5.74) is 1.86. The van der Waals surface area contributed by atoms with Crippen LogP contribution >= 0.6 is 0 Å². The quantitative estimate of drug-likeness (QED) is 0.406. The van der Waals surface area contributed by atoms with E-state index in [1.165, 1.54) is 35.4 Å². The number of halogens is 1. The van der Waals surface area contributed by atoms with Crippen LogP contribution in [0.5, 0.6) is 0 Å². The smallest absolute Gasteiger partial charge is 0.252 e. The van der Waals surface area contributed by atoms with Gasteiger partial charge in [0, 0.05) is 23.5 Å². The van der Waals surface area contributed by atoms with E-state index in [1.807, 2.05) is 19.1 Å². The summed E-state index contributed by atoms with van der Waals surface area (Å²) in [6.45, 7) is 1.84. The normalized spacial score (nSPS) is 19.1. The zero-order valence-corrected chi connectivity index (χ0v) is 24.2. The van der Waals surface area contributed by atoms with Crippen LogP contribution in [-0.4, -0.2) is 43.1 Å². The SMILES string of the molecule is C#Cc1ccnc(N2[C@H](C(=O)N(c3cccc(F)c3)[C@H](C(=O)NC3CCCCC3)c3ccccc3C)CCS2(=O)=O)c1. The summed E-state index contributed by atoms with van der Waals surface area (Å²) in [7, 11) is -3.94. The Bertz CT molecular complexity index is 1630. The number of nitrogens with one attached hydrogen (secondary N) is 1. The number of aryl methyl sites for hydroxylation is 1. The minimum absolute atomic E-state index is 0.0135. The summed E-state index contributed by atoms with van der Waals surface area (Å²) in [5, 5.41) is 3.14. The first-order valence-corrected chi connectivity index (χ1v) is 15.7. The lowest BCUT2D eigenvalue weighted by molar-refractivity contribution is -0.127. The van der Waals surface area contributed by atoms with Crippen molar-refractivity contribution in [1.82, 2.24) is 10.3 Å². The van der Waals surface area contributed by atoms with Crippen LogP contribution < -0.4 is 14.5 Å². The maximum Gasteiger partial charge on any atom is 0.252 e. The molecule has 2 fully saturated rings. The molecule has 10 heteroatoms. The second-order valence-electron chi connectivity index (χ2n) is 10.8. The second-order valence-corrected chi connectivity index (χ2v) is 12.7. The molecule has 2 aliphatic rings. The monoisotopic (exact) mass is 588 g/mol. The van der Waals surface area contributed by atoms with Crippen LogP contribution in [0, 0.1) is 25.1 Å². The largest absolute Gasteiger partial charge is 0.351 e. The number of sulfonamides is 1. The molecule has 0 spiro atoms. The van der Waals surface area contributed by atoms with Gasteiger partial charge >= 0.3 is 0 Å². The molecule has 218 valence electrons. The summed E-state index contributed by atoms with van der Waals surface area (Å²) in [4.78, 5) is 34.3. The highest BCUT2D eigenvalue weighted by Crippen LogP contribution is 2.36. The van der Waals surface area contributed by atoms with Crippen LogP contribution in [0.3, 0.4) is 0 Å². The molecule has 2 atom stereocenters. The lowest BCUT2D eigenvalue weighted by atomic mass is 9.93. The number of hydrogen-bond acceptors (Lipinski definition) is 5. The number of carbonyl (C=O) groups excluding carboxylic acids is 2. The highest BCUT2D eigenvalue weighted by Gasteiger charge is 2.47. The molecular formula is C32H33FN4O4S. The third kappa shape index (κ3) is 6.02. The van der Waals surface area contributed by atoms with Gasteiger partial charge in [0.15, 0.2) is 0 Å². The predicted molar refractivity (Wildman–Crippen MR) is 160 cm³/mol. The molecule has 8 nitrogen and oxygen atoms in total. The molecule has 0 bridgehead atoms. The first-order chi connectivity index (χ1) is 20.2. The summed E-state index contributed by atoms with van der Waals surface area (Å²) in [5.74, 6) is 0.509. The highest BCUT2D eigenvalue weighted by molar-refractivity contribution is 7.93. The van der Waals surface area contributed by atoms with Crippen molar-refractivity contribution in [3.8, 4) is 12.3 Å². The van der Waals surface area contributed by atoms with Crippen molar-refractivity contribution in [3.63, 3.8) is 0 Å². The Morgan fingerprint density at radius 3 is 2.55 bits per heavy atom. The van der Waals surface area contributed by atoms with Crippen LogP contribution in [0.1, 0.15) is 61.3 Å². The number of amides is 2. The van der Waals surface area contributed by atoms with Gasteiger partial charge in [-0.1, -0.05) is 55.5 Å². The molecule has 5 rings (SSSR count). The fourth-order valence-corrected chi connectivity index (χ4v) is 7.52. The predicted octanol–water partition coefficient (Wildman–Crippen LogP) is 4.64. The summed E-state index contributed by atoms with van der Waals surface area (Å²) in [6.07, 6.45) is 11.6. The van der Waals surface area contributed by atoms with Crippen molar-refractivity contribution in [3.05, 3.63) is 89.4 Å². The molecule has 1 aromatic heterocycles. The van der Waals surface area contributed by atoms with Crippen LogP contribution in [0.2, 0.25) is 0 Å². The van der Waals surface area contributed by atoms with Gasteiger partial charge in [-0.15, -0.1) is 6.42 Å². The Morgan fingerprint density at radius 2 is 1.83 bits per heavy atom. The van der Waals surface area contributed by atoms with Crippen LogP contribution in [0.25, 0.3) is 0 Å². The molecule has 0 unspecified atom stereocenters. The van der Waals surface area contributed by atoms with E-state index < -0.39 is 39.7 Å². The molecule has 2 heterocycles. The van der Waals surface area contributed by atoms with E-state index in [2.05, 4.69) is 16.2 Å².